The highest BCUT2D eigenvalue weighted by Crippen LogP contribution is 2.41. The van der Waals surface area contributed by atoms with Crippen molar-refractivity contribution in [3.63, 3.8) is 0 Å². The summed E-state index contributed by atoms with van der Waals surface area (Å²) >= 11 is 0. The molecule has 5 nitrogen and oxygen atoms in total. The van der Waals surface area contributed by atoms with E-state index in [0.717, 1.165) is 6.42 Å². The van der Waals surface area contributed by atoms with E-state index in [1.807, 2.05) is 63.8 Å². The lowest BCUT2D eigenvalue weighted by molar-refractivity contribution is -0.331. The van der Waals surface area contributed by atoms with Gasteiger partial charge in [-0.1, -0.05) is 36.4 Å². The molecule has 0 aromatic heterocycles. The van der Waals surface area contributed by atoms with Crippen LogP contribution in [-0.2, 0) is 25.7 Å². The largest absolute Gasteiger partial charge is 0.348 e. The molecule has 1 saturated heterocycles. The Bertz CT molecular complexity index is 653. The van der Waals surface area contributed by atoms with Gasteiger partial charge in [-0.05, 0) is 52.7 Å². The van der Waals surface area contributed by atoms with Crippen molar-refractivity contribution in [2.75, 3.05) is 0 Å². The Morgan fingerprint density at radius 3 is 2.36 bits per heavy atom. The smallest absolute Gasteiger partial charge is 0.261 e. The third kappa shape index (κ3) is 3.64. The van der Waals surface area contributed by atoms with E-state index in [2.05, 4.69) is 12.1 Å². The number of hydrogen-bond donors (Lipinski definition) is 0. The number of carbonyl (C=O) groups is 1. The average molecular weight is 345 g/mol. The van der Waals surface area contributed by atoms with Crippen molar-refractivity contribution in [1.82, 2.24) is 4.90 Å². The van der Waals surface area contributed by atoms with Gasteiger partial charge in [0.15, 0.2) is 6.10 Å². The molecule has 0 aliphatic carbocycles. The Labute approximate surface area is 149 Å². The molecule has 2 heterocycles. The lowest BCUT2D eigenvalue weighted by Crippen LogP contribution is -2.54. The third-order valence-electron chi connectivity index (χ3n) is 4.83. The van der Waals surface area contributed by atoms with E-state index in [-0.39, 0.29) is 18.1 Å². The predicted octanol–water partition coefficient (Wildman–Crippen LogP) is 3.25. The van der Waals surface area contributed by atoms with Crippen LogP contribution < -0.4 is 0 Å². The summed E-state index contributed by atoms with van der Waals surface area (Å²) in [5.74, 6) is -0.139. The number of rotatable bonds is 3. The number of amides is 1. The van der Waals surface area contributed by atoms with Crippen LogP contribution in [0.4, 0.5) is 0 Å². The minimum atomic E-state index is -0.744. The second kappa shape index (κ2) is 6.56. The molecule has 1 aromatic carbocycles. The SMILES string of the molecule is CC1C=CC(C(=O)N2[C@@H](Cc3ccccc3)C(C)(C)OC2(C)C)OO1. The molecule has 3 atom stereocenters. The van der Waals surface area contributed by atoms with Crippen molar-refractivity contribution in [1.29, 1.82) is 0 Å². The van der Waals surface area contributed by atoms with Gasteiger partial charge in [0, 0.05) is 0 Å². The molecule has 0 radical (unpaired) electrons. The fourth-order valence-corrected chi connectivity index (χ4v) is 3.77. The number of carbonyl (C=O) groups excluding carboxylic acids is 1. The van der Waals surface area contributed by atoms with Crippen LogP contribution in [0.5, 0.6) is 0 Å². The van der Waals surface area contributed by atoms with Crippen LogP contribution in [0.2, 0.25) is 0 Å². The van der Waals surface area contributed by atoms with Gasteiger partial charge in [0.1, 0.15) is 11.8 Å². The van der Waals surface area contributed by atoms with Crippen molar-refractivity contribution in [3.05, 3.63) is 48.0 Å². The summed E-state index contributed by atoms with van der Waals surface area (Å²) in [5.41, 5.74) is -0.0217. The van der Waals surface area contributed by atoms with Crippen molar-refractivity contribution in [3.8, 4) is 0 Å². The molecule has 0 bridgehead atoms. The first-order valence-corrected chi connectivity index (χ1v) is 8.78. The Hall–Kier alpha value is -1.69. The van der Waals surface area contributed by atoms with Gasteiger partial charge in [0.2, 0.25) is 0 Å². The minimum absolute atomic E-state index is 0.103. The zero-order valence-electron chi connectivity index (χ0n) is 15.6. The first-order valence-electron chi connectivity index (χ1n) is 8.78. The first kappa shape index (κ1) is 18.1. The molecule has 2 aliphatic heterocycles. The van der Waals surface area contributed by atoms with Crippen LogP contribution in [0.15, 0.2) is 42.5 Å². The average Bonchev–Trinajstić information content (AvgIpc) is 2.72. The Morgan fingerprint density at radius 2 is 1.76 bits per heavy atom. The number of nitrogens with zero attached hydrogens (tertiary/aromatic N) is 1. The summed E-state index contributed by atoms with van der Waals surface area (Å²) in [7, 11) is 0. The molecule has 1 fully saturated rings. The highest BCUT2D eigenvalue weighted by molar-refractivity contribution is 5.84. The highest BCUT2D eigenvalue weighted by atomic mass is 17.2. The van der Waals surface area contributed by atoms with E-state index < -0.39 is 17.4 Å². The fraction of sp³-hybridized carbons (Fsp3) is 0.550. The van der Waals surface area contributed by atoms with Gasteiger partial charge >= 0.3 is 0 Å². The maximum absolute atomic E-state index is 13.2. The molecule has 0 saturated carbocycles. The monoisotopic (exact) mass is 345 g/mol. The lowest BCUT2D eigenvalue weighted by atomic mass is 9.91. The highest BCUT2D eigenvalue weighted by Gasteiger charge is 2.55. The molecule has 0 N–H and O–H groups in total. The predicted molar refractivity (Wildman–Crippen MR) is 94.6 cm³/mol. The molecular formula is C20H27NO4. The maximum Gasteiger partial charge on any atom is 0.261 e. The summed E-state index contributed by atoms with van der Waals surface area (Å²) < 4.78 is 6.25. The molecule has 0 spiro atoms. The van der Waals surface area contributed by atoms with Crippen molar-refractivity contribution in [2.24, 2.45) is 0 Å². The quantitative estimate of drug-likeness (QED) is 0.623. The zero-order valence-corrected chi connectivity index (χ0v) is 15.6. The summed E-state index contributed by atoms with van der Waals surface area (Å²) in [6.07, 6.45) is 3.43. The summed E-state index contributed by atoms with van der Waals surface area (Å²) in [6, 6.07) is 10.1. The van der Waals surface area contributed by atoms with E-state index in [0.29, 0.717) is 0 Å². The van der Waals surface area contributed by atoms with Crippen LogP contribution in [-0.4, -0.2) is 40.4 Å². The Balaban J connectivity index is 1.89. The molecular weight excluding hydrogens is 318 g/mol. The van der Waals surface area contributed by atoms with Gasteiger partial charge in [-0.25, -0.2) is 9.78 Å². The Kier molecular flexibility index (Phi) is 4.75. The standard InChI is InChI=1S/C20H27NO4/c1-14-11-12-16(24-23-14)18(22)21-17(13-15-9-7-6-8-10-15)19(2,3)25-20(21,4)5/h6-12,14,16-17H,13H2,1-5H3/t14?,16?,17-/m0/s1. The van der Waals surface area contributed by atoms with Crippen LogP contribution in [0.25, 0.3) is 0 Å². The minimum Gasteiger partial charge on any atom is -0.348 e. The molecule has 136 valence electrons. The fourth-order valence-electron chi connectivity index (χ4n) is 3.77. The number of benzene rings is 1. The molecule has 1 aromatic rings. The van der Waals surface area contributed by atoms with Gasteiger partial charge in [0.05, 0.1) is 11.6 Å². The zero-order chi connectivity index (χ0) is 18.2. The lowest BCUT2D eigenvalue weighted by Gasteiger charge is -2.36. The first-order chi connectivity index (χ1) is 11.7. The molecule has 2 unspecified atom stereocenters. The van der Waals surface area contributed by atoms with Gasteiger partial charge in [-0.3, -0.25) is 4.79 Å². The Morgan fingerprint density at radius 1 is 1.08 bits per heavy atom. The second-order valence-electron chi connectivity index (χ2n) is 7.77. The van der Waals surface area contributed by atoms with E-state index in [1.54, 1.807) is 6.08 Å². The van der Waals surface area contributed by atoms with Gasteiger partial charge in [-0.2, -0.15) is 0 Å². The summed E-state index contributed by atoms with van der Waals surface area (Å²) in [4.78, 5) is 25.5. The number of hydrogen-bond acceptors (Lipinski definition) is 4. The van der Waals surface area contributed by atoms with Crippen LogP contribution >= 0.6 is 0 Å². The van der Waals surface area contributed by atoms with E-state index in [9.17, 15) is 4.79 Å². The van der Waals surface area contributed by atoms with Gasteiger partial charge < -0.3 is 9.64 Å². The van der Waals surface area contributed by atoms with Gasteiger partial charge in [-0.15, -0.1) is 0 Å². The molecule has 3 rings (SSSR count). The van der Waals surface area contributed by atoms with E-state index >= 15 is 0 Å². The molecule has 25 heavy (non-hydrogen) atoms. The summed E-state index contributed by atoms with van der Waals surface area (Å²) in [5, 5.41) is 0. The van der Waals surface area contributed by atoms with Crippen LogP contribution in [0, 0.1) is 0 Å². The normalized spacial score (nSPS) is 30.4. The van der Waals surface area contributed by atoms with E-state index in [1.165, 1.54) is 5.56 Å². The second-order valence-corrected chi connectivity index (χ2v) is 7.77. The summed E-state index contributed by atoms with van der Waals surface area (Å²) in [6.45, 7) is 9.78. The topological polar surface area (TPSA) is 48.0 Å². The third-order valence-corrected chi connectivity index (χ3v) is 4.83. The molecule has 5 heteroatoms. The van der Waals surface area contributed by atoms with Crippen molar-refractivity contribution in [2.45, 2.75) is 70.6 Å². The van der Waals surface area contributed by atoms with Gasteiger partial charge in [0.25, 0.3) is 5.91 Å². The van der Waals surface area contributed by atoms with Crippen LogP contribution in [0.3, 0.4) is 0 Å². The van der Waals surface area contributed by atoms with Crippen molar-refractivity contribution >= 4 is 5.91 Å². The van der Waals surface area contributed by atoms with E-state index in [4.69, 9.17) is 14.5 Å². The molecule has 1 amide bonds. The maximum atomic E-state index is 13.2. The number of ether oxygens (including phenoxy) is 1. The molecule has 2 aliphatic rings. The van der Waals surface area contributed by atoms with Crippen molar-refractivity contribution < 1.29 is 19.3 Å². The van der Waals surface area contributed by atoms with Crippen LogP contribution in [0.1, 0.15) is 40.2 Å².